The van der Waals surface area contributed by atoms with Crippen LogP contribution >= 0.6 is 0 Å². The van der Waals surface area contributed by atoms with E-state index in [4.69, 9.17) is 4.74 Å². The zero-order valence-corrected chi connectivity index (χ0v) is 23.0. The predicted octanol–water partition coefficient (Wildman–Crippen LogP) is 2.96. The molecule has 0 aromatic heterocycles. The van der Waals surface area contributed by atoms with Gasteiger partial charge in [0.1, 0.15) is 18.7 Å². The summed E-state index contributed by atoms with van der Waals surface area (Å²) in [6, 6.07) is 7.24. The van der Waals surface area contributed by atoms with Gasteiger partial charge in [-0.1, -0.05) is 71.9 Å². The fraction of sp³-hybridized carbons (Fsp3) is 0.593. The summed E-state index contributed by atoms with van der Waals surface area (Å²) in [7, 11) is 0. The number of hydrogen-bond acceptors (Lipinski definition) is 6. The van der Waals surface area contributed by atoms with Crippen molar-refractivity contribution in [3.63, 3.8) is 0 Å². The van der Waals surface area contributed by atoms with Crippen molar-refractivity contribution in [3.8, 4) is 0 Å². The first kappa shape index (κ1) is 31.6. The molecule has 206 valence electrons. The van der Waals surface area contributed by atoms with Crippen LogP contribution in [-0.4, -0.2) is 53.2 Å². The third-order valence-electron chi connectivity index (χ3n) is 5.21. The van der Waals surface area contributed by atoms with E-state index >= 15 is 0 Å². The van der Waals surface area contributed by atoms with Crippen molar-refractivity contribution in [2.45, 2.75) is 80.0 Å². The van der Waals surface area contributed by atoms with Gasteiger partial charge in [-0.2, -0.15) is 0 Å². The van der Waals surface area contributed by atoms with Crippen LogP contribution in [-0.2, 0) is 30.5 Å². The van der Waals surface area contributed by atoms with E-state index in [9.17, 15) is 24.0 Å². The van der Waals surface area contributed by atoms with Gasteiger partial charge in [-0.05, 0) is 36.2 Å². The molecule has 0 aliphatic carbocycles. The standard InChI is InChI=1S/C27H42N4O6/c1-17(2)13-22(29-27(36)37-16-21-11-9-8-10-12-21)24(33)28-23(14-18(3)4)25(34)30-31(15-19(5)6)26(35)20(7)32/h8-12,17-19,22-23H,13-16H2,1-7H3,(H,28,33)(H,29,36)(H,30,34)/t22-,23-/m0/s1. The van der Waals surface area contributed by atoms with Crippen molar-refractivity contribution in [2.75, 3.05) is 6.54 Å². The number of alkyl carbamates (subject to hydrolysis) is 1. The van der Waals surface area contributed by atoms with Crippen LogP contribution in [0.5, 0.6) is 0 Å². The number of hydrazine groups is 1. The second-order valence-electron chi connectivity index (χ2n) is 10.4. The molecule has 0 aliphatic rings. The van der Waals surface area contributed by atoms with Gasteiger partial charge in [-0.3, -0.25) is 24.6 Å². The van der Waals surface area contributed by atoms with E-state index in [0.29, 0.717) is 6.42 Å². The van der Waals surface area contributed by atoms with Crippen molar-refractivity contribution >= 4 is 29.6 Å². The lowest BCUT2D eigenvalue weighted by atomic mass is 10.0. The third-order valence-corrected chi connectivity index (χ3v) is 5.21. The zero-order chi connectivity index (χ0) is 28.1. The number of amides is 4. The van der Waals surface area contributed by atoms with E-state index in [-0.39, 0.29) is 37.3 Å². The molecule has 1 rings (SSSR count). The first-order valence-electron chi connectivity index (χ1n) is 12.7. The number of rotatable bonds is 13. The normalized spacial score (nSPS) is 12.6. The molecule has 0 saturated heterocycles. The van der Waals surface area contributed by atoms with E-state index < -0.39 is 41.7 Å². The van der Waals surface area contributed by atoms with Crippen LogP contribution in [0.4, 0.5) is 4.79 Å². The second-order valence-corrected chi connectivity index (χ2v) is 10.4. The highest BCUT2D eigenvalue weighted by Crippen LogP contribution is 2.10. The minimum absolute atomic E-state index is 0.0109. The second kappa shape index (κ2) is 15.6. The lowest BCUT2D eigenvalue weighted by Crippen LogP contribution is -2.58. The van der Waals surface area contributed by atoms with Gasteiger partial charge in [0.2, 0.25) is 11.7 Å². The minimum atomic E-state index is -0.987. The highest BCUT2D eigenvalue weighted by Gasteiger charge is 2.30. The van der Waals surface area contributed by atoms with Crippen molar-refractivity contribution in [3.05, 3.63) is 35.9 Å². The van der Waals surface area contributed by atoms with Gasteiger partial charge in [-0.25, -0.2) is 9.80 Å². The summed E-state index contributed by atoms with van der Waals surface area (Å²) in [4.78, 5) is 62.7. The monoisotopic (exact) mass is 518 g/mol. The molecule has 0 spiro atoms. The van der Waals surface area contributed by atoms with Gasteiger partial charge in [-0.15, -0.1) is 0 Å². The first-order chi connectivity index (χ1) is 17.3. The SMILES string of the molecule is CC(=O)C(=O)N(CC(C)C)NC(=O)[C@H](CC(C)C)NC(=O)[C@H](CC(C)C)NC(=O)OCc1ccccc1. The van der Waals surface area contributed by atoms with Gasteiger partial charge in [0.15, 0.2) is 0 Å². The smallest absolute Gasteiger partial charge is 0.408 e. The Bertz CT molecular complexity index is 917. The maximum atomic E-state index is 13.2. The van der Waals surface area contributed by atoms with Crippen LogP contribution in [0.15, 0.2) is 30.3 Å². The molecule has 10 heteroatoms. The minimum Gasteiger partial charge on any atom is -0.445 e. The van der Waals surface area contributed by atoms with Crippen molar-refractivity contribution in [1.29, 1.82) is 0 Å². The van der Waals surface area contributed by atoms with Crippen LogP contribution in [0.2, 0.25) is 0 Å². The van der Waals surface area contributed by atoms with Crippen LogP contribution in [0.3, 0.4) is 0 Å². The highest BCUT2D eigenvalue weighted by atomic mass is 16.5. The van der Waals surface area contributed by atoms with Gasteiger partial charge in [0.05, 0.1) is 0 Å². The molecule has 0 bridgehead atoms. The number of ketones is 1. The molecule has 1 aromatic carbocycles. The number of benzene rings is 1. The van der Waals surface area contributed by atoms with Crippen LogP contribution in [0, 0.1) is 17.8 Å². The van der Waals surface area contributed by atoms with E-state index in [1.807, 2.05) is 71.9 Å². The molecule has 4 amide bonds. The Morgan fingerprint density at radius 3 is 1.81 bits per heavy atom. The van der Waals surface area contributed by atoms with E-state index in [1.54, 1.807) is 0 Å². The molecule has 0 unspecified atom stereocenters. The van der Waals surface area contributed by atoms with Crippen LogP contribution in [0.25, 0.3) is 0 Å². The molecule has 0 heterocycles. The Hall–Kier alpha value is -3.43. The van der Waals surface area contributed by atoms with Crippen molar-refractivity contribution < 1.29 is 28.7 Å². The maximum Gasteiger partial charge on any atom is 0.408 e. The number of ether oxygens (including phenoxy) is 1. The topological polar surface area (TPSA) is 134 Å². The van der Waals surface area contributed by atoms with Crippen LogP contribution in [0.1, 0.15) is 66.9 Å². The average Bonchev–Trinajstić information content (AvgIpc) is 2.80. The molecule has 0 radical (unpaired) electrons. The average molecular weight is 519 g/mol. The molecule has 3 N–H and O–H groups in total. The summed E-state index contributed by atoms with van der Waals surface area (Å²) >= 11 is 0. The van der Waals surface area contributed by atoms with Gasteiger partial charge in [0.25, 0.3) is 5.91 Å². The highest BCUT2D eigenvalue weighted by molar-refractivity contribution is 6.35. The van der Waals surface area contributed by atoms with Crippen molar-refractivity contribution in [2.24, 2.45) is 17.8 Å². The molecule has 0 aliphatic heterocycles. The number of Topliss-reactive ketones (excluding diaryl/α,β-unsaturated/α-hetero) is 1. The quantitative estimate of drug-likeness (QED) is 0.272. The number of carbonyl (C=O) groups excluding carboxylic acids is 5. The Kier molecular flexibility index (Phi) is 13.4. The van der Waals surface area contributed by atoms with Gasteiger partial charge in [0, 0.05) is 13.5 Å². The number of carbonyl (C=O) groups is 5. The lowest BCUT2D eigenvalue weighted by molar-refractivity contribution is -0.150. The Balaban J connectivity index is 2.96. The number of hydrogen-bond donors (Lipinski definition) is 3. The molecule has 0 fully saturated rings. The largest absolute Gasteiger partial charge is 0.445 e. The van der Waals surface area contributed by atoms with Gasteiger partial charge < -0.3 is 15.4 Å². The molecule has 1 aromatic rings. The summed E-state index contributed by atoms with van der Waals surface area (Å²) < 4.78 is 5.26. The summed E-state index contributed by atoms with van der Waals surface area (Å²) in [6.45, 7) is 12.6. The summed E-state index contributed by atoms with van der Waals surface area (Å²) in [5.41, 5.74) is 3.30. The van der Waals surface area contributed by atoms with E-state index in [2.05, 4.69) is 16.1 Å². The molecular weight excluding hydrogens is 476 g/mol. The number of nitrogens with zero attached hydrogens (tertiary/aromatic N) is 1. The summed E-state index contributed by atoms with van der Waals surface area (Å²) in [5, 5.41) is 6.30. The van der Waals surface area contributed by atoms with Crippen LogP contribution < -0.4 is 16.1 Å². The summed E-state index contributed by atoms with van der Waals surface area (Å²) in [5.74, 6) is -2.62. The van der Waals surface area contributed by atoms with E-state index in [0.717, 1.165) is 17.5 Å². The lowest BCUT2D eigenvalue weighted by Gasteiger charge is -2.29. The molecule has 10 nitrogen and oxygen atoms in total. The predicted molar refractivity (Wildman–Crippen MR) is 140 cm³/mol. The fourth-order valence-corrected chi connectivity index (χ4v) is 3.53. The van der Waals surface area contributed by atoms with Crippen molar-refractivity contribution in [1.82, 2.24) is 21.1 Å². The zero-order valence-electron chi connectivity index (χ0n) is 23.0. The molecule has 37 heavy (non-hydrogen) atoms. The Morgan fingerprint density at radius 1 is 0.784 bits per heavy atom. The Labute approximate surface area is 219 Å². The molecule has 2 atom stereocenters. The maximum absolute atomic E-state index is 13.2. The Morgan fingerprint density at radius 2 is 1.32 bits per heavy atom. The fourth-order valence-electron chi connectivity index (χ4n) is 3.53. The number of nitrogens with one attached hydrogen (secondary N) is 3. The third kappa shape index (κ3) is 12.4. The van der Waals surface area contributed by atoms with E-state index in [1.165, 1.54) is 0 Å². The first-order valence-corrected chi connectivity index (χ1v) is 12.7. The van der Waals surface area contributed by atoms with Gasteiger partial charge >= 0.3 is 12.0 Å². The summed E-state index contributed by atoms with van der Waals surface area (Å²) in [6.07, 6.45) is -0.136. The molecule has 0 saturated carbocycles. The molecular formula is C27H42N4O6.